The molecular weight excluding hydrogens is 459 g/mol. The Balaban J connectivity index is 1.56. The molecule has 0 radical (unpaired) electrons. The zero-order chi connectivity index (χ0) is 23.5. The van der Waals surface area contributed by atoms with Gasteiger partial charge in [-0.3, -0.25) is 9.36 Å². The highest BCUT2D eigenvalue weighted by atomic mass is 35.5. The normalized spacial score (nSPS) is 11.0. The first-order chi connectivity index (χ1) is 15.9. The number of rotatable bonds is 8. The maximum Gasteiger partial charge on any atom is 0.192 e. The monoisotopic (exact) mass is 480 g/mol. The van der Waals surface area contributed by atoms with Gasteiger partial charge in [-0.05, 0) is 68.4 Å². The quantitative estimate of drug-likeness (QED) is 0.168. The Morgan fingerprint density at radius 1 is 1.12 bits per heavy atom. The zero-order valence-electron chi connectivity index (χ0n) is 18.3. The van der Waals surface area contributed by atoms with Crippen LogP contribution in [0.25, 0.3) is 17.1 Å². The van der Waals surface area contributed by atoms with Gasteiger partial charge in [-0.25, -0.2) is 4.39 Å². The minimum Gasteiger partial charge on any atom is -0.318 e. The topological polar surface area (TPSA) is 52.7 Å². The molecule has 0 bridgehead atoms. The van der Waals surface area contributed by atoms with Crippen LogP contribution in [-0.4, -0.2) is 30.9 Å². The van der Waals surface area contributed by atoms with Crippen molar-refractivity contribution in [1.82, 2.24) is 19.3 Å². The van der Waals surface area contributed by atoms with Crippen LogP contribution in [0.2, 0.25) is 5.02 Å². The predicted molar refractivity (Wildman–Crippen MR) is 131 cm³/mol. The summed E-state index contributed by atoms with van der Waals surface area (Å²) in [6.45, 7) is 8.17. The van der Waals surface area contributed by atoms with Gasteiger partial charge >= 0.3 is 0 Å². The Labute approximate surface area is 200 Å². The highest BCUT2D eigenvalue weighted by molar-refractivity contribution is 7.99. The first-order valence-corrected chi connectivity index (χ1v) is 11.7. The maximum atomic E-state index is 13.3. The fourth-order valence-corrected chi connectivity index (χ4v) is 4.70. The van der Waals surface area contributed by atoms with E-state index < -0.39 is 0 Å². The van der Waals surface area contributed by atoms with Crippen molar-refractivity contribution < 1.29 is 9.18 Å². The van der Waals surface area contributed by atoms with Gasteiger partial charge < -0.3 is 4.57 Å². The molecule has 4 rings (SSSR count). The van der Waals surface area contributed by atoms with E-state index in [-0.39, 0.29) is 17.4 Å². The lowest BCUT2D eigenvalue weighted by Gasteiger charge is -2.10. The van der Waals surface area contributed by atoms with E-state index in [1.54, 1.807) is 30.3 Å². The van der Waals surface area contributed by atoms with Crippen molar-refractivity contribution in [3.63, 3.8) is 0 Å². The molecular formula is C25H22ClFN4OS. The molecule has 4 aromatic rings. The maximum absolute atomic E-state index is 13.3. The summed E-state index contributed by atoms with van der Waals surface area (Å²) >= 11 is 7.34. The van der Waals surface area contributed by atoms with E-state index in [2.05, 4.69) is 16.8 Å². The number of benzene rings is 2. The van der Waals surface area contributed by atoms with Crippen molar-refractivity contribution in [1.29, 1.82) is 0 Å². The van der Waals surface area contributed by atoms with Crippen molar-refractivity contribution in [3.8, 4) is 17.1 Å². The molecule has 0 aliphatic rings. The number of Topliss-reactive ketones (excluding diaryl/α,β-unsaturated/α-hetero) is 1. The highest BCUT2D eigenvalue weighted by Crippen LogP contribution is 2.27. The first kappa shape index (κ1) is 23.0. The molecule has 0 aliphatic carbocycles. The van der Waals surface area contributed by atoms with Crippen LogP contribution in [0, 0.1) is 19.7 Å². The number of aromatic nitrogens is 4. The molecule has 0 N–H and O–H groups in total. The van der Waals surface area contributed by atoms with Gasteiger partial charge in [0.15, 0.2) is 16.8 Å². The van der Waals surface area contributed by atoms with E-state index in [1.165, 1.54) is 23.9 Å². The smallest absolute Gasteiger partial charge is 0.192 e. The third-order valence-corrected chi connectivity index (χ3v) is 6.50. The van der Waals surface area contributed by atoms with Crippen LogP contribution in [-0.2, 0) is 6.54 Å². The number of halogens is 2. The lowest BCUT2D eigenvalue weighted by molar-refractivity contribution is 0.102. The molecule has 2 heterocycles. The molecule has 0 unspecified atom stereocenters. The second kappa shape index (κ2) is 9.77. The van der Waals surface area contributed by atoms with Crippen LogP contribution in [0.4, 0.5) is 4.39 Å². The number of aryl methyl sites for hydroxylation is 1. The summed E-state index contributed by atoms with van der Waals surface area (Å²) in [6.07, 6.45) is 1.77. The van der Waals surface area contributed by atoms with Gasteiger partial charge in [0.2, 0.25) is 0 Å². The van der Waals surface area contributed by atoms with Crippen molar-refractivity contribution >= 4 is 29.1 Å². The molecule has 8 heteroatoms. The largest absolute Gasteiger partial charge is 0.318 e. The SMILES string of the molecule is C=CCn1c(SCC(=O)c2cc(C)n(-c3ccc(F)cc3)c2C)nnc1-c1ccc(Cl)cc1. The molecule has 33 heavy (non-hydrogen) atoms. The number of allylic oxidation sites excluding steroid dienone is 1. The summed E-state index contributed by atoms with van der Waals surface area (Å²) in [5.41, 5.74) is 4.06. The van der Waals surface area contributed by atoms with Crippen LogP contribution in [0.15, 0.2) is 72.4 Å². The van der Waals surface area contributed by atoms with E-state index in [0.29, 0.717) is 28.1 Å². The molecule has 0 aliphatic heterocycles. The molecule has 0 fully saturated rings. The summed E-state index contributed by atoms with van der Waals surface area (Å²) in [5, 5.41) is 9.91. The summed E-state index contributed by atoms with van der Waals surface area (Å²) in [6, 6.07) is 15.5. The van der Waals surface area contributed by atoms with Gasteiger partial charge in [0.05, 0.1) is 5.75 Å². The lowest BCUT2D eigenvalue weighted by Crippen LogP contribution is -2.07. The number of hydrogen-bond acceptors (Lipinski definition) is 4. The molecule has 0 atom stereocenters. The zero-order valence-corrected chi connectivity index (χ0v) is 19.8. The van der Waals surface area contributed by atoms with Gasteiger partial charge in [0.25, 0.3) is 0 Å². The van der Waals surface area contributed by atoms with E-state index in [0.717, 1.165) is 22.6 Å². The third kappa shape index (κ3) is 4.79. The lowest BCUT2D eigenvalue weighted by atomic mass is 10.2. The van der Waals surface area contributed by atoms with Gasteiger partial charge in [0.1, 0.15) is 5.82 Å². The summed E-state index contributed by atoms with van der Waals surface area (Å²) in [5.74, 6) is 0.595. The Kier molecular flexibility index (Phi) is 6.81. The number of ketones is 1. The van der Waals surface area contributed by atoms with Gasteiger partial charge in [-0.2, -0.15) is 0 Å². The molecule has 2 aromatic carbocycles. The fraction of sp³-hybridized carbons (Fsp3) is 0.160. The second-order valence-corrected chi connectivity index (χ2v) is 8.90. The summed E-state index contributed by atoms with van der Waals surface area (Å²) in [7, 11) is 0. The Hall–Kier alpha value is -3.16. The Bertz CT molecular complexity index is 1310. The standard InChI is InChI=1S/C25H22ClFN4OS/c1-4-13-30-24(18-5-7-19(26)8-6-18)28-29-25(30)33-15-23(32)22-14-16(2)31(17(22)3)21-11-9-20(27)10-12-21/h4-12,14H,1,13,15H2,2-3H3. The number of carbonyl (C=O) groups is 1. The molecule has 2 aromatic heterocycles. The molecule has 0 amide bonds. The predicted octanol–water partition coefficient (Wildman–Crippen LogP) is 6.31. The van der Waals surface area contributed by atoms with Crippen LogP contribution in [0.1, 0.15) is 21.7 Å². The molecule has 168 valence electrons. The molecule has 5 nitrogen and oxygen atoms in total. The number of hydrogen-bond donors (Lipinski definition) is 0. The van der Waals surface area contributed by atoms with Crippen LogP contribution in [0.3, 0.4) is 0 Å². The van der Waals surface area contributed by atoms with Gasteiger partial charge in [0, 0.05) is 39.8 Å². The van der Waals surface area contributed by atoms with E-state index in [9.17, 15) is 9.18 Å². The van der Waals surface area contributed by atoms with Crippen molar-refractivity contribution in [3.05, 3.63) is 95.0 Å². The van der Waals surface area contributed by atoms with Crippen molar-refractivity contribution in [2.24, 2.45) is 0 Å². The summed E-state index contributed by atoms with van der Waals surface area (Å²) in [4.78, 5) is 13.1. The third-order valence-electron chi connectivity index (χ3n) is 5.28. The van der Waals surface area contributed by atoms with E-state index in [1.807, 2.05) is 41.2 Å². The fourth-order valence-electron chi connectivity index (χ4n) is 3.74. The van der Waals surface area contributed by atoms with Crippen molar-refractivity contribution in [2.75, 3.05) is 5.75 Å². The minimum absolute atomic E-state index is 0.0114. The van der Waals surface area contributed by atoms with Crippen LogP contribution in [0.5, 0.6) is 0 Å². The average Bonchev–Trinajstić information content (AvgIpc) is 3.34. The number of thioether (sulfide) groups is 1. The average molecular weight is 481 g/mol. The van der Waals surface area contributed by atoms with Crippen LogP contribution >= 0.6 is 23.4 Å². The van der Waals surface area contributed by atoms with Crippen LogP contribution < -0.4 is 0 Å². The highest BCUT2D eigenvalue weighted by Gasteiger charge is 2.19. The van der Waals surface area contributed by atoms with Crippen molar-refractivity contribution in [2.45, 2.75) is 25.5 Å². The Morgan fingerprint density at radius 2 is 1.82 bits per heavy atom. The number of carbonyl (C=O) groups excluding carboxylic acids is 1. The molecule has 0 saturated carbocycles. The first-order valence-electron chi connectivity index (χ1n) is 10.3. The number of nitrogens with zero attached hydrogens (tertiary/aromatic N) is 4. The van der Waals surface area contributed by atoms with Gasteiger partial charge in [-0.1, -0.05) is 29.4 Å². The van der Waals surface area contributed by atoms with E-state index >= 15 is 0 Å². The van der Waals surface area contributed by atoms with E-state index in [4.69, 9.17) is 11.6 Å². The minimum atomic E-state index is -0.296. The van der Waals surface area contributed by atoms with Gasteiger partial charge in [-0.15, -0.1) is 16.8 Å². The molecule has 0 saturated heterocycles. The summed E-state index contributed by atoms with van der Waals surface area (Å²) < 4.78 is 17.2. The second-order valence-electron chi connectivity index (χ2n) is 7.52. The Morgan fingerprint density at radius 3 is 2.48 bits per heavy atom. The molecule has 0 spiro atoms.